The first-order valence-electron chi connectivity index (χ1n) is 11.1. The summed E-state index contributed by atoms with van der Waals surface area (Å²) in [5, 5.41) is 0. The van der Waals surface area contributed by atoms with Crippen molar-refractivity contribution in [3.63, 3.8) is 0 Å². The second-order valence-corrected chi connectivity index (χ2v) is 14.0. The second kappa shape index (κ2) is 13.6. The lowest BCUT2D eigenvalue weighted by Gasteiger charge is -2.33. The van der Waals surface area contributed by atoms with E-state index in [2.05, 4.69) is 55.4 Å². The summed E-state index contributed by atoms with van der Waals surface area (Å²) in [7, 11) is -0.771. The third kappa shape index (κ3) is 11.9. The Labute approximate surface area is 156 Å². The fourth-order valence-corrected chi connectivity index (χ4v) is 9.62. The summed E-state index contributed by atoms with van der Waals surface area (Å²) in [4.78, 5) is 0. The van der Waals surface area contributed by atoms with Gasteiger partial charge in [0, 0.05) is 7.26 Å². The molecular formula is C23H50P+. The van der Waals surface area contributed by atoms with Crippen LogP contribution in [0.2, 0.25) is 0 Å². The Kier molecular flexibility index (Phi) is 13.9. The highest BCUT2D eigenvalue weighted by atomic mass is 31.2. The van der Waals surface area contributed by atoms with Crippen LogP contribution in [0.25, 0.3) is 0 Å². The lowest BCUT2D eigenvalue weighted by Crippen LogP contribution is -2.20. The third-order valence-electron chi connectivity index (χ3n) is 5.73. The lowest BCUT2D eigenvalue weighted by molar-refractivity contribution is 0.492. The van der Waals surface area contributed by atoms with Crippen molar-refractivity contribution in [1.82, 2.24) is 0 Å². The normalized spacial score (nSPS) is 14.1. The largest absolute Gasteiger partial charge is 0.0654 e. The number of hydrogen-bond acceptors (Lipinski definition) is 0. The molecule has 146 valence electrons. The van der Waals surface area contributed by atoms with E-state index in [0.717, 1.165) is 23.7 Å². The van der Waals surface area contributed by atoms with Crippen molar-refractivity contribution in [1.29, 1.82) is 0 Å². The molecule has 0 aromatic rings. The minimum absolute atomic E-state index is 0.771. The molecule has 0 saturated carbocycles. The maximum absolute atomic E-state index is 2.45. The van der Waals surface area contributed by atoms with Crippen LogP contribution in [0.4, 0.5) is 0 Å². The summed E-state index contributed by atoms with van der Waals surface area (Å²) in [6.45, 7) is 19.3. The van der Waals surface area contributed by atoms with Crippen LogP contribution in [-0.2, 0) is 0 Å². The van der Waals surface area contributed by atoms with Crippen molar-refractivity contribution in [3.8, 4) is 0 Å². The molecule has 0 aromatic heterocycles. The summed E-state index contributed by atoms with van der Waals surface area (Å²) in [6.07, 6.45) is 16.4. The number of rotatable bonds is 15. The van der Waals surface area contributed by atoms with Crippen molar-refractivity contribution >= 4 is 7.26 Å². The van der Waals surface area contributed by atoms with E-state index in [1.54, 1.807) is 24.6 Å². The molecule has 0 aliphatic rings. The molecular weight excluding hydrogens is 307 g/mol. The molecule has 0 radical (unpaired) electrons. The Balaban J connectivity index is 5.15. The van der Waals surface area contributed by atoms with Crippen molar-refractivity contribution in [2.75, 3.05) is 24.6 Å². The zero-order valence-corrected chi connectivity index (χ0v) is 19.4. The zero-order valence-electron chi connectivity index (χ0n) is 18.5. The van der Waals surface area contributed by atoms with E-state index in [1.807, 2.05) is 0 Å². The molecule has 0 spiro atoms. The van der Waals surface area contributed by atoms with Gasteiger partial charge in [-0.2, -0.15) is 0 Å². The summed E-state index contributed by atoms with van der Waals surface area (Å²) in [5.41, 5.74) is 0. The second-order valence-electron chi connectivity index (χ2n) is 9.66. The van der Waals surface area contributed by atoms with Crippen molar-refractivity contribution in [2.24, 2.45) is 23.7 Å². The number of unbranched alkanes of at least 4 members (excludes halogenated alkanes) is 1. The molecule has 1 atom stereocenters. The molecule has 0 N–H and O–H groups in total. The fraction of sp³-hybridized carbons (Fsp3) is 1.00. The van der Waals surface area contributed by atoms with E-state index in [-0.39, 0.29) is 0 Å². The SMILES string of the molecule is CCCCC(CC)C[P+](CCC(C)C)(CCC(C)C)CCC(C)C. The highest BCUT2D eigenvalue weighted by Crippen LogP contribution is 2.63. The zero-order chi connectivity index (χ0) is 18.6. The maximum atomic E-state index is 2.45. The van der Waals surface area contributed by atoms with Crippen LogP contribution in [-0.4, -0.2) is 24.6 Å². The van der Waals surface area contributed by atoms with E-state index in [9.17, 15) is 0 Å². The average Bonchev–Trinajstić information content (AvgIpc) is 2.52. The highest BCUT2D eigenvalue weighted by Gasteiger charge is 2.38. The Morgan fingerprint density at radius 1 is 0.625 bits per heavy atom. The van der Waals surface area contributed by atoms with Crippen LogP contribution in [0, 0.1) is 23.7 Å². The molecule has 0 aromatic carbocycles. The van der Waals surface area contributed by atoms with Gasteiger partial charge in [-0.05, 0) is 55.8 Å². The van der Waals surface area contributed by atoms with Gasteiger partial charge in [0.15, 0.2) is 0 Å². The summed E-state index contributed by atoms with van der Waals surface area (Å²) in [6, 6.07) is 0. The van der Waals surface area contributed by atoms with Gasteiger partial charge >= 0.3 is 0 Å². The topological polar surface area (TPSA) is 0 Å². The third-order valence-corrected chi connectivity index (χ3v) is 10.6. The molecule has 0 amide bonds. The highest BCUT2D eigenvalue weighted by molar-refractivity contribution is 7.75. The van der Waals surface area contributed by atoms with Gasteiger partial charge in [-0.15, -0.1) is 0 Å². The predicted molar refractivity (Wildman–Crippen MR) is 118 cm³/mol. The predicted octanol–water partition coefficient (Wildman–Crippen LogP) is 8.36. The van der Waals surface area contributed by atoms with Gasteiger partial charge in [0.2, 0.25) is 0 Å². The van der Waals surface area contributed by atoms with Gasteiger partial charge in [-0.3, -0.25) is 0 Å². The van der Waals surface area contributed by atoms with Crippen LogP contribution < -0.4 is 0 Å². The van der Waals surface area contributed by atoms with Crippen LogP contribution in [0.1, 0.15) is 100 Å². The van der Waals surface area contributed by atoms with Crippen molar-refractivity contribution in [2.45, 2.75) is 100 Å². The minimum Gasteiger partial charge on any atom is -0.0654 e. The van der Waals surface area contributed by atoms with Gasteiger partial charge in [0.05, 0.1) is 24.6 Å². The Bertz CT molecular complexity index is 248. The molecule has 0 heterocycles. The maximum Gasteiger partial charge on any atom is 0.0622 e. The van der Waals surface area contributed by atoms with E-state index in [1.165, 1.54) is 44.9 Å². The van der Waals surface area contributed by atoms with Gasteiger partial charge in [0.1, 0.15) is 0 Å². The molecule has 1 unspecified atom stereocenters. The smallest absolute Gasteiger partial charge is 0.0622 e. The fourth-order valence-electron chi connectivity index (χ4n) is 3.67. The van der Waals surface area contributed by atoms with Gasteiger partial charge < -0.3 is 0 Å². The first kappa shape index (κ1) is 24.4. The van der Waals surface area contributed by atoms with Crippen molar-refractivity contribution in [3.05, 3.63) is 0 Å². The Hall–Kier alpha value is 0.430. The molecule has 0 aliphatic heterocycles. The van der Waals surface area contributed by atoms with Gasteiger partial charge in [-0.1, -0.05) is 68.2 Å². The first-order valence-corrected chi connectivity index (χ1v) is 13.6. The lowest BCUT2D eigenvalue weighted by atomic mass is 10.0. The van der Waals surface area contributed by atoms with Crippen LogP contribution in [0.15, 0.2) is 0 Å². The van der Waals surface area contributed by atoms with Gasteiger partial charge in [0.25, 0.3) is 0 Å². The molecule has 0 nitrogen and oxygen atoms in total. The monoisotopic (exact) mass is 357 g/mol. The van der Waals surface area contributed by atoms with E-state index >= 15 is 0 Å². The van der Waals surface area contributed by atoms with E-state index in [4.69, 9.17) is 0 Å². The molecule has 24 heavy (non-hydrogen) atoms. The van der Waals surface area contributed by atoms with Gasteiger partial charge in [-0.25, -0.2) is 0 Å². The summed E-state index contributed by atoms with van der Waals surface area (Å²) < 4.78 is 0. The first-order chi connectivity index (χ1) is 11.2. The molecule has 0 aliphatic carbocycles. The van der Waals surface area contributed by atoms with Crippen LogP contribution in [0.5, 0.6) is 0 Å². The van der Waals surface area contributed by atoms with E-state index in [0.29, 0.717) is 0 Å². The molecule has 1 heteroatoms. The van der Waals surface area contributed by atoms with Crippen LogP contribution in [0.3, 0.4) is 0 Å². The minimum atomic E-state index is -0.771. The Morgan fingerprint density at radius 3 is 1.33 bits per heavy atom. The summed E-state index contributed by atoms with van der Waals surface area (Å²) >= 11 is 0. The molecule has 0 rings (SSSR count). The van der Waals surface area contributed by atoms with E-state index < -0.39 is 7.26 Å². The van der Waals surface area contributed by atoms with Crippen LogP contribution >= 0.6 is 7.26 Å². The molecule has 0 saturated heterocycles. The number of hydrogen-bond donors (Lipinski definition) is 0. The summed E-state index contributed by atoms with van der Waals surface area (Å²) in [5.74, 6) is 3.62. The average molecular weight is 358 g/mol. The molecule has 0 fully saturated rings. The quantitative estimate of drug-likeness (QED) is 0.258. The standard InChI is InChI=1S/C23H50P/c1-9-11-12-23(10-2)19-24(16-13-20(3)4,17-14-21(5)6)18-15-22(7)8/h20-23H,9-19H2,1-8H3/q+1. The molecule has 0 bridgehead atoms. The Morgan fingerprint density at radius 2 is 1.04 bits per heavy atom. The van der Waals surface area contributed by atoms with Crippen molar-refractivity contribution < 1.29 is 0 Å².